The lowest BCUT2D eigenvalue weighted by Gasteiger charge is -2.23. The molecule has 1 amide bonds. The van der Waals surface area contributed by atoms with Crippen LogP contribution in [0.1, 0.15) is 26.5 Å². The smallest absolute Gasteiger partial charge is 0.273 e. The van der Waals surface area contributed by atoms with Crippen molar-refractivity contribution < 1.29 is 9.72 Å². The number of carbonyl (C=O) groups is 1. The number of aromatic nitrogens is 1. The van der Waals surface area contributed by atoms with E-state index < -0.39 is 4.92 Å². The highest BCUT2D eigenvalue weighted by Crippen LogP contribution is 2.24. The second-order valence-electron chi connectivity index (χ2n) is 6.06. The van der Waals surface area contributed by atoms with Crippen LogP contribution in [-0.4, -0.2) is 20.3 Å². The maximum absolute atomic E-state index is 13.2. The molecule has 0 bridgehead atoms. The Morgan fingerprint density at radius 1 is 1.19 bits per heavy atom. The van der Waals surface area contributed by atoms with Gasteiger partial charge in [0.15, 0.2) is 0 Å². The summed E-state index contributed by atoms with van der Waals surface area (Å²) in [6.45, 7) is 2.52. The Hall–Kier alpha value is -2.93. The highest BCUT2D eigenvalue weighted by atomic mass is 32.1. The van der Waals surface area contributed by atoms with Crippen LogP contribution in [0.3, 0.4) is 0 Å². The molecular formula is C19H19N3O3S. The molecule has 2 heterocycles. The van der Waals surface area contributed by atoms with Crippen molar-refractivity contribution in [2.45, 2.75) is 20.0 Å². The van der Waals surface area contributed by atoms with E-state index >= 15 is 0 Å². The van der Waals surface area contributed by atoms with Gasteiger partial charge in [-0.25, -0.2) is 0 Å². The molecule has 1 aromatic carbocycles. The van der Waals surface area contributed by atoms with Gasteiger partial charge < -0.3 is 9.47 Å². The van der Waals surface area contributed by atoms with Gasteiger partial charge in [-0.3, -0.25) is 14.9 Å². The highest BCUT2D eigenvalue weighted by molar-refractivity contribution is 7.09. The quantitative estimate of drug-likeness (QED) is 0.484. The van der Waals surface area contributed by atoms with E-state index in [1.54, 1.807) is 35.3 Å². The number of thiophene rings is 1. The maximum Gasteiger partial charge on any atom is 0.273 e. The first-order valence-corrected chi connectivity index (χ1v) is 9.01. The fourth-order valence-electron chi connectivity index (χ4n) is 2.87. The maximum atomic E-state index is 13.2. The van der Waals surface area contributed by atoms with Crippen LogP contribution in [0.4, 0.5) is 5.69 Å². The van der Waals surface area contributed by atoms with E-state index in [1.165, 1.54) is 6.07 Å². The van der Waals surface area contributed by atoms with Gasteiger partial charge >= 0.3 is 0 Å². The minimum atomic E-state index is -0.451. The minimum Gasteiger partial charge on any atom is -0.353 e. The molecule has 0 aliphatic carbocycles. The Bertz CT molecular complexity index is 931. The molecule has 0 saturated heterocycles. The molecule has 0 atom stereocenters. The number of nitro benzene ring substituents is 1. The molecule has 3 rings (SSSR count). The van der Waals surface area contributed by atoms with Crippen LogP contribution < -0.4 is 0 Å². The van der Waals surface area contributed by atoms with Crippen molar-refractivity contribution in [3.8, 4) is 0 Å². The topological polar surface area (TPSA) is 68.4 Å². The summed E-state index contributed by atoms with van der Waals surface area (Å²) in [6.07, 6.45) is 1.93. The van der Waals surface area contributed by atoms with Crippen LogP contribution in [0, 0.1) is 17.0 Å². The Morgan fingerprint density at radius 2 is 2.00 bits per heavy atom. The molecule has 0 saturated carbocycles. The van der Waals surface area contributed by atoms with Crippen molar-refractivity contribution in [3.63, 3.8) is 0 Å². The number of hydrogen-bond donors (Lipinski definition) is 0. The molecule has 0 radical (unpaired) electrons. The summed E-state index contributed by atoms with van der Waals surface area (Å²) in [7, 11) is 1.93. The van der Waals surface area contributed by atoms with Crippen LogP contribution in [0.25, 0.3) is 0 Å². The van der Waals surface area contributed by atoms with Gasteiger partial charge in [0, 0.05) is 41.0 Å². The average Bonchev–Trinajstić information content (AvgIpc) is 3.26. The van der Waals surface area contributed by atoms with Crippen LogP contribution in [-0.2, 0) is 20.1 Å². The Kier molecular flexibility index (Phi) is 5.18. The van der Waals surface area contributed by atoms with Gasteiger partial charge in [-0.1, -0.05) is 12.1 Å². The molecule has 2 aromatic heterocycles. The van der Waals surface area contributed by atoms with Crippen LogP contribution in [0.2, 0.25) is 0 Å². The van der Waals surface area contributed by atoms with Gasteiger partial charge in [0.05, 0.1) is 18.0 Å². The fraction of sp³-hybridized carbons (Fsp3) is 0.211. The number of rotatable bonds is 6. The largest absolute Gasteiger partial charge is 0.353 e. The zero-order chi connectivity index (χ0) is 18.7. The first kappa shape index (κ1) is 17.9. The van der Waals surface area contributed by atoms with Crippen molar-refractivity contribution in [2.75, 3.05) is 0 Å². The molecule has 6 nitrogen and oxygen atoms in total. The summed E-state index contributed by atoms with van der Waals surface area (Å²) < 4.78 is 1.97. The van der Waals surface area contributed by atoms with Crippen LogP contribution in [0.5, 0.6) is 0 Å². The fourth-order valence-corrected chi connectivity index (χ4v) is 3.59. The summed E-state index contributed by atoms with van der Waals surface area (Å²) in [4.78, 5) is 26.7. The lowest BCUT2D eigenvalue weighted by molar-refractivity contribution is -0.385. The van der Waals surface area contributed by atoms with E-state index in [9.17, 15) is 14.9 Å². The third-order valence-corrected chi connectivity index (χ3v) is 5.21. The molecular weight excluding hydrogens is 350 g/mol. The SMILES string of the molecule is Cc1c(C(=O)N(Cc2cccs2)Cc2cccn2C)cccc1[N+](=O)[O-]. The number of hydrogen-bond acceptors (Lipinski definition) is 4. The summed E-state index contributed by atoms with van der Waals surface area (Å²) in [5.74, 6) is -0.208. The number of nitro groups is 1. The number of benzene rings is 1. The Morgan fingerprint density at radius 3 is 2.62 bits per heavy atom. The molecule has 3 aromatic rings. The van der Waals surface area contributed by atoms with Crippen molar-refractivity contribution >= 4 is 22.9 Å². The Labute approximate surface area is 155 Å². The standard InChI is InChI=1S/C19H19N3O3S/c1-14-17(8-3-9-18(14)22(24)25)19(23)21(13-16-7-5-11-26-16)12-15-6-4-10-20(15)2/h3-11H,12-13H2,1-2H3. The first-order chi connectivity index (χ1) is 12.5. The summed E-state index contributed by atoms with van der Waals surface area (Å²) in [6, 6.07) is 12.5. The minimum absolute atomic E-state index is 0.0363. The number of aryl methyl sites for hydroxylation is 1. The lowest BCUT2D eigenvalue weighted by Crippen LogP contribution is -2.31. The first-order valence-electron chi connectivity index (χ1n) is 8.13. The molecule has 0 spiro atoms. The second kappa shape index (κ2) is 7.53. The van der Waals surface area contributed by atoms with E-state index in [4.69, 9.17) is 0 Å². The van der Waals surface area contributed by atoms with Gasteiger partial charge in [-0.05, 0) is 36.6 Å². The van der Waals surface area contributed by atoms with E-state index in [0.717, 1.165) is 10.6 Å². The van der Waals surface area contributed by atoms with Gasteiger partial charge in [-0.15, -0.1) is 11.3 Å². The third kappa shape index (κ3) is 3.67. The molecule has 26 heavy (non-hydrogen) atoms. The van der Waals surface area contributed by atoms with Crippen molar-refractivity contribution in [1.82, 2.24) is 9.47 Å². The predicted octanol–water partition coefficient (Wildman–Crippen LogP) is 4.15. The van der Waals surface area contributed by atoms with E-state index in [-0.39, 0.29) is 11.6 Å². The summed E-state index contributed by atoms with van der Waals surface area (Å²) in [5.41, 5.74) is 1.72. The summed E-state index contributed by atoms with van der Waals surface area (Å²) in [5, 5.41) is 13.2. The zero-order valence-corrected chi connectivity index (χ0v) is 15.4. The van der Waals surface area contributed by atoms with Gasteiger partial charge in [0.1, 0.15) is 0 Å². The van der Waals surface area contributed by atoms with E-state index in [0.29, 0.717) is 24.2 Å². The van der Waals surface area contributed by atoms with Crippen LogP contribution >= 0.6 is 11.3 Å². The van der Waals surface area contributed by atoms with Crippen molar-refractivity contribution in [1.29, 1.82) is 0 Å². The average molecular weight is 369 g/mol. The predicted molar refractivity (Wildman–Crippen MR) is 101 cm³/mol. The van der Waals surface area contributed by atoms with E-state index in [1.807, 2.05) is 47.5 Å². The molecule has 0 fully saturated rings. The van der Waals surface area contributed by atoms with Gasteiger partial charge in [0.2, 0.25) is 0 Å². The van der Waals surface area contributed by atoms with Gasteiger partial charge in [0.25, 0.3) is 11.6 Å². The van der Waals surface area contributed by atoms with Crippen molar-refractivity contribution in [2.24, 2.45) is 7.05 Å². The molecule has 0 unspecified atom stereocenters. The number of nitrogens with zero attached hydrogens (tertiary/aromatic N) is 3. The van der Waals surface area contributed by atoms with Crippen molar-refractivity contribution in [3.05, 3.63) is 85.9 Å². The molecule has 0 N–H and O–H groups in total. The normalized spacial score (nSPS) is 10.7. The zero-order valence-electron chi connectivity index (χ0n) is 14.6. The van der Waals surface area contributed by atoms with Crippen LogP contribution in [0.15, 0.2) is 54.0 Å². The lowest BCUT2D eigenvalue weighted by atomic mass is 10.1. The third-order valence-electron chi connectivity index (χ3n) is 4.35. The van der Waals surface area contributed by atoms with Gasteiger partial charge in [-0.2, -0.15) is 0 Å². The molecule has 0 aliphatic heterocycles. The summed E-state index contributed by atoms with van der Waals surface area (Å²) >= 11 is 1.58. The Balaban J connectivity index is 1.95. The van der Waals surface area contributed by atoms with E-state index in [2.05, 4.69) is 0 Å². The molecule has 0 aliphatic rings. The molecule has 134 valence electrons. The monoisotopic (exact) mass is 369 g/mol. The highest BCUT2D eigenvalue weighted by Gasteiger charge is 2.23. The molecule has 7 heteroatoms. The number of carbonyl (C=O) groups excluding carboxylic acids is 1. The second-order valence-corrected chi connectivity index (χ2v) is 7.09. The number of amides is 1.